The molecule has 0 radical (unpaired) electrons. The van der Waals surface area contributed by atoms with E-state index in [0.717, 1.165) is 6.26 Å². The Hall–Kier alpha value is -2.10. The van der Waals surface area contributed by atoms with Gasteiger partial charge in [-0.3, -0.25) is 15.0 Å². The molecule has 0 bridgehead atoms. The molecule has 0 saturated carbocycles. The fourth-order valence-electron chi connectivity index (χ4n) is 1.85. The van der Waals surface area contributed by atoms with Gasteiger partial charge in [-0.2, -0.15) is 4.57 Å². The van der Waals surface area contributed by atoms with Gasteiger partial charge in [-0.05, 0) is 6.07 Å². The summed E-state index contributed by atoms with van der Waals surface area (Å²) in [7, 11) is -3.54. The number of pyridine rings is 1. The minimum atomic E-state index is -3.54. The van der Waals surface area contributed by atoms with E-state index in [4.69, 9.17) is 0 Å². The highest BCUT2D eigenvalue weighted by Crippen LogP contribution is 2.00. The van der Waals surface area contributed by atoms with Crippen molar-refractivity contribution in [3.8, 4) is 0 Å². The number of ketones is 1. The van der Waals surface area contributed by atoms with Crippen LogP contribution in [0.5, 0.6) is 0 Å². The van der Waals surface area contributed by atoms with Gasteiger partial charge in [0, 0.05) is 11.6 Å². The molecule has 2 aromatic rings. The molecule has 0 aliphatic carbocycles. The number of aromatic nitrogens is 1. The van der Waals surface area contributed by atoms with Crippen molar-refractivity contribution in [2.24, 2.45) is 0 Å². The van der Waals surface area contributed by atoms with Gasteiger partial charge in [-0.25, -0.2) is 8.42 Å². The summed E-state index contributed by atoms with van der Waals surface area (Å²) in [6.45, 7) is 0.0740. The number of carbonyl (C=O) groups excluding carboxylic acids is 2. The van der Waals surface area contributed by atoms with Crippen molar-refractivity contribution >= 4 is 21.7 Å². The van der Waals surface area contributed by atoms with E-state index in [9.17, 15) is 18.0 Å². The summed E-state index contributed by atoms with van der Waals surface area (Å²) in [6.07, 6.45) is 4.05. The van der Waals surface area contributed by atoms with Gasteiger partial charge in [-0.1, -0.05) is 30.3 Å². The van der Waals surface area contributed by atoms with Crippen LogP contribution in [-0.4, -0.2) is 26.4 Å². The first-order chi connectivity index (χ1) is 10.8. The Balaban J connectivity index is 0.00000288. The quantitative estimate of drug-likeness (QED) is 0.300. The minimum absolute atomic E-state index is 0. The molecule has 0 atom stereocenters. The summed E-state index contributed by atoms with van der Waals surface area (Å²) in [4.78, 5) is 25.9. The monoisotopic (exact) mass is 413 g/mol. The zero-order valence-corrected chi connectivity index (χ0v) is 15.2. The van der Waals surface area contributed by atoms with Crippen LogP contribution in [0.1, 0.15) is 20.7 Å². The molecule has 0 aliphatic rings. The average molecular weight is 414 g/mol. The van der Waals surface area contributed by atoms with Crippen molar-refractivity contribution in [2.45, 2.75) is 6.54 Å². The lowest BCUT2D eigenvalue weighted by Crippen LogP contribution is -3.00. The normalized spacial score (nSPS) is 10.5. The fraction of sp³-hybridized carbons (Fsp3) is 0.133. The Morgan fingerprint density at radius 2 is 1.67 bits per heavy atom. The van der Waals surface area contributed by atoms with Crippen LogP contribution in [0.3, 0.4) is 0 Å². The maximum atomic E-state index is 12.1. The van der Waals surface area contributed by atoms with Crippen molar-refractivity contribution < 1.29 is 39.6 Å². The van der Waals surface area contributed by atoms with Gasteiger partial charge in [0.2, 0.25) is 22.4 Å². The molecule has 2 N–H and O–H groups in total. The van der Waals surface area contributed by atoms with Gasteiger partial charge >= 0.3 is 0 Å². The zero-order chi connectivity index (χ0) is 16.9. The van der Waals surface area contributed by atoms with Crippen molar-refractivity contribution in [3.05, 3.63) is 66.0 Å². The number of carbonyl (C=O) groups is 2. The van der Waals surface area contributed by atoms with E-state index in [1.165, 1.54) is 12.3 Å². The lowest BCUT2D eigenvalue weighted by molar-refractivity contribution is -0.683. The van der Waals surface area contributed by atoms with E-state index >= 15 is 0 Å². The summed E-state index contributed by atoms with van der Waals surface area (Å²) in [5, 5.41) is 0. The van der Waals surface area contributed by atoms with E-state index < -0.39 is 15.9 Å². The molecule has 1 heterocycles. The number of amides is 1. The standard InChI is InChI=1S/C15H15N3O4S.BrH/c1-23(21,22)17-16-15(20)13-8-5-9-18(10-13)11-14(19)12-6-3-2-4-7-12;/h2-10,17H,11H2,1H3;1H. The lowest BCUT2D eigenvalue weighted by atomic mass is 10.1. The number of benzene rings is 1. The Labute approximate surface area is 150 Å². The molecule has 0 unspecified atom stereocenters. The number of rotatable bonds is 6. The molecule has 24 heavy (non-hydrogen) atoms. The van der Waals surface area contributed by atoms with Crippen LogP contribution < -0.4 is 31.8 Å². The fourth-order valence-corrected chi connectivity index (χ4v) is 2.13. The van der Waals surface area contributed by atoms with Gasteiger partial charge in [0.1, 0.15) is 5.56 Å². The van der Waals surface area contributed by atoms with E-state index in [1.807, 2.05) is 10.9 Å². The summed E-state index contributed by atoms with van der Waals surface area (Å²) in [6, 6.07) is 11.9. The average Bonchev–Trinajstić information content (AvgIpc) is 2.53. The second-order valence-electron chi connectivity index (χ2n) is 4.88. The molecule has 0 saturated heterocycles. The Morgan fingerprint density at radius 1 is 1.04 bits per heavy atom. The van der Waals surface area contributed by atoms with Crippen LogP contribution in [0.25, 0.3) is 0 Å². The van der Waals surface area contributed by atoms with Crippen LogP contribution >= 0.6 is 0 Å². The Bertz CT molecular complexity index is 826. The first-order valence-corrected chi connectivity index (χ1v) is 8.59. The molecule has 0 fully saturated rings. The van der Waals surface area contributed by atoms with E-state index in [2.05, 4.69) is 5.43 Å². The Kier molecular flexibility index (Phi) is 7.20. The molecular formula is C15H16BrN3O4S. The number of nitrogens with one attached hydrogen (secondary N) is 2. The third kappa shape index (κ3) is 6.19. The van der Waals surface area contributed by atoms with Gasteiger partial charge in [0.05, 0.1) is 6.26 Å². The second kappa shape index (κ2) is 8.67. The maximum absolute atomic E-state index is 12.1. The van der Waals surface area contributed by atoms with Crippen molar-refractivity contribution in [1.29, 1.82) is 0 Å². The SMILES string of the molecule is CS(=O)(=O)NNC(=O)c1ccc[n+](CC(=O)c2ccccc2)c1.[Br-]. The van der Waals surface area contributed by atoms with Crippen LogP contribution in [0.15, 0.2) is 54.9 Å². The summed E-state index contributed by atoms with van der Waals surface area (Å²) in [5.74, 6) is -0.709. The van der Waals surface area contributed by atoms with Crippen LogP contribution in [0.4, 0.5) is 0 Å². The highest BCUT2D eigenvalue weighted by molar-refractivity contribution is 7.88. The van der Waals surface area contributed by atoms with Gasteiger partial charge in [0.15, 0.2) is 12.4 Å². The molecule has 7 nitrogen and oxygen atoms in total. The van der Waals surface area contributed by atoms with Crippen molar-refractivity contribution in [2.75, 3.05) is 6.26 Å². The second-order valence-corrected chi connectivity index (χ2v) is 6.63. The first kappa shape index (κ1) is 19.9. The molecule has 9 heteroatoms. The number of nitrogens with zero attached hydrogens (tertiary/aromatic N) is 1. The smallest absolute Gasteiger partial charge is 0.272 e. The van der Waals surface area contributed by atoms with Gasteiger partial charge in [0.25, 0.3) is 5.91 Å². The third-order valence-corrected chi connectivity index (χ3v) is 3.37. The highest BCUT2D eigenvalue weighted by atomic mass is 79.9. The molecule has 1 aromatic carbocycles. The highest BCUT2D eigenvalue weighted by Gasteiger charge is 2.15. The van der Waals surface area contributed by atoms with Gasteiger partial charge < -0.3 is 17.0 Å². The largest absolute Gasteiger partial charge is 1.00 e. The topological polar surface area (TPSA) is 96.2 Å². The minimum Gasteiger partial charge on any atom is -1.00 e. The molecule has 0 aliphatic heterocycles. The number of hydrogen-bond donors (Lipinski definition) is 2. The number of Topliss-reactive ketones (excluding diaryl/α,β-unsaturated/α-hetero) is 1. The van der Waals surface area contributed by atoms with Crippen molar-refractivity contribution in [3.63, 3.8) is 0 Å². The van der Waals surface area contributed by atoms with Gasteiger partial charge in [-0.15, -0.1) is 4.83 Å². The molecule has 2 rings (SSSR count). The molecule has 0 spiro atoms. The predicted octanol–water partition coefficient (Wildman–Crippen LogP) is -2.94. The zero-order valence-electron chi connectivity index (χ0n) is 12.8. The number of sulfonamides is 1. The maximum Gasteiger partial charge on any atom is 0.272 e. The van der Waals surface area contributed by atoms with Crippen molar-refractivity contribution in [1.82, 2.24) is 10.3 Å². The number of hydrogen-bond acceptors (Lipinski definition) is 4. The predicted molar refractivity (Wildman–Crippen MR) is 82.9 cm³/mol. The molecule has 1 amide bonds. The van der Waals surface area contributed by atoms with Crippen LogP contribution in [0.2, 0.25) is 0 Å². The molecular weight excluding hydrogens is 398 g/mol. The lowest BCUT2D eigenvalue weighted by Gasteiger charge is -2.04. The molecule has 128 valence electrons. The van der Waals surface area contributed by atoms with E-state index in [1.54, 1.807) is 41.1 Å². The molecule has 1 aromatic heterocycles. The number of hydrazine groups is 1. The summed E-state index contributed by atoms with van der Waals surface area (Å²) in [5.41, 5.74) is 2.88. The Morgan fingerprint density at radius 3 is 2.29 bits per heavy atom. The van der Waals surface area contributed by atoms with E-state index in [-0.39, 0.29) is 34.9 Å². The number of halogens is 1. The summed E-state index contributed by atoms with van der Waals surface area (Å²) >= 11 is 0. The first-order valence-electron chi connectivity index (χ1n) is 6.69. The summed E-state index contributed by atoms with van der Waals surface area (Å²) < 4.78 is 23.5. The van der Waals surface area contributed by atoms with Crippen LogP contribution in [-0.2, 0) is 16.6 Å². The third-order valence-electron chi connectivity index (χ3n) is 2.89. The van der Waals surface area contributed by atoms with E-state index in [0.29, 0.717) is 5.56 Å². The van der Waals surface area contributed by atoms with Crippen LogP contribution in [0, 0.1) is 0 Å².